The number of amides is 2. The number of rotatable bonds is 9. The van der Waals surface area contributed by atoms with E-state index >= 15 is 0 Å². The normalized spacial score (nSPS) is 11.6. The molecule has 172 valence electrons. The smallest absolute Gasteiger partial charge is 0.243 e. The van der Waals surface area contributed by atoms with Crippen LogP contribution in [0.4, 0.5) is 5.82 Å². The largest absolute Gasteiger partial charge is 0.384 e. The van der Waals surface area contributed by atoms with Crippen LogP contribution in [0.15, 0.2) is 91.1 Å². The monoisotopic (exact) mass is 452 g/mol. The van der Waals surface area contributed by atoms with Gasteiger partial charge in [0.05, 0.1) is 0 Å². The van der Waals surface area contributed by atoms with E-state index in [1.807, 2.05) is 78.9 Å². The zero-order chi connectivity index (χ0) is 23.8. The first-order chi connectivity index (χ1) is 16.6. The number of nitrogens with zero attached hydrogens (tertiary/aromatic N) is 1. The molecule has 4 rings (SSSR count). The number of nitrogens with two attached hydrogens (primary N) is 1. The second-order valence-electron chi connectivity index (χ2n) is 8.26. The van der Waals surface area contributed by atoms with Crippen molar-refractivity contribution in [2.45, 2.75) is 31.8 Å². The average Bonchev–Trinajstić information content (AvgIpc) is 2.87. The number of carbonyl (C=O) groups is 2. The molecule has 0 fully saturated rings. The zero-order valence-corrected chi connectivity index (χ0v) is 18.9. The molecule has 0 saturated heterocycles. The Morgan fingerprint density at radius 1 is 0.853 bits per heavy atom. The summed E-state index contributed by atoms with van der Waals surface area (Å²) in [5, 5.41) is 8.06. The molecule has 1 aromatic heterocycles. The lowest BCUT2D eigenvalue weighted by Crippen LogP contribution is -2.48. The highest BCUT2D eigenvalue weighted by atomic mass is 16.2. The molecule has 0 bridgehead atoms. The van der Waals surface area contributed by atoms with Crippen molar-refractivity contribution in [1.82, 2.24) is 15.6 Å². The van der Waals surface area contributed by atoms with Gasteiger partial charge in [-0.1, -0.05) is 78.9 Å². The van der Waals surface area contributed by atoms with Crippen LogP contribution in [-0.2, 0) is 29.0 Å². The summed E-state index contributed by atoms with van der Waals surface area (Å²) < 4.78 is 0. The number of fused-ring (bicyclic) bond motifs is 1. The van der Waals surface area contributed by atoms with Gasteiger partial charge in [-0.2, -0.15) is 0 Å². The lowest BCUT2D eigenvalue weighted by molar-refractivity contribution is -0.129. The molecule has 0 aliphatic heterocycles. The number of aromatic nitrogens is 1. The van der Waals surface area contributed by atoms with Crippen molar-refractivity contribution in [3.05, 3.63) is 108 Å². The molecule has 0 aliphatic carbocycles. The molecule has 4 aromatic rings. The van der Waals surface area contributed by atoms with Gasteiger partial charge in [-0.25, -0.2) is 4.98 Å². The van der Waals surface area contributed by atoms with Crippen molar-refractivity contribution in [1.29, 1.82) is 0 Å². The summed E-state index contributed by atoms with van der Waals surface area (Å²) in [5.74, 6) is 0.0331. The molecule has 6 nitrogen and oxygen atoms in total. The molecule has 0 aliphatic rings. The third-order valence-corrected chi connectivity index (χ3v) is 5.75. The minimum absolute atomic E-state index is 0.154. The molecule has 4 N–H and O–H groups in total. The van der Waals surface area contributed by atoms with E-state index < -0.39 is 6.04 Å². The Bertz CT molecular complexity index is 1250. The van der Waals surface area contributed by atoms with E-state index in [-0.39, 0.29) is 11.8 Å². The van der Waals surface area contributed by atoms with E-state index in [0.717, 1.165) is 27.5 Å². The van der Waals surface area contributed by atoms with Crippen LogP contribution in [0.25, 0.3) is 10.8 Å². The third-order valence-electron chi connectivity index (χ3n) is 5.75. The number of nitrogen functional groups attached to an aromatic ring is 1. The second-order valence-corrected chi connectivity index (χ2v) is 8.26. The molecule has 1 unspecified atom stereocenters. The summed E-state index contributed by atoms with van der Waals surface area (Å²) in [4.78, 5) is 30.0. The zero-order valence-electron chi connectivity index (χ0n) is 18.9. The molecule has 3 aromatic carbocycles. The number of benzene rings is 3. The maximum atomic E-state index is 13.2. The van der Waals surface area contributed by atoms with Crippen molar-refractivity contribution in [2.24, 2.45) is 0 Å². The molecule has 34 heavy (non-hydrogen) atoms. The van der Waals surface area contributed by atoms with Crippen molar-refractivity contribution in [3.8, 4) is 0 Å². The van der Waals surface area contributed by atoms with Crippen LogP contribution in [0.1, 0.15) is 23.1 Å². The van der Waals surface area contributed by atoms with Crippen molar-refractivity contribution < 1.29 is 9.59 Å². The number of hydrogen-bond acceptors (Lipinski definition) is 4. The Hall–Kier alpha value is -4.19. The molecular formula is C28H28N4O2. The van der Waals surface area contributed by atoms with Gasteiger partial charge in [0.1, 0.15) is 11.9 Å². The Balaban J connectivity index is 1.48. The first-order valence-corrected chi connectivity index (χ1v) is 11.4. The van der Waals surface area contributed by atoms with Gasteiger partial charge < -0.3 is 16.4 Å². The third kappa shape index (κ3) is 6.19. The fraction of sp³-hybridized carbons (Fsp3) is 0.179. The van der Waals surface area contributed by atoms with Crippen molar-refractivity contribution in [2.75, 3.05) is 5.73 Å². The number of hydrogen-bond donors (Lipinski definition) is 3. The van der Waals surface area contributed by atoms with Gasteiger partial charge in [0.25, 0.3) is 0 Å². The van der Waals surface area contributed by atoms with Crippen LogP contribution in [0.5, 0.6) is 0 Å². The highest BCUT2D eigenvalue weighted by molar-refractivity contribution is 5.90. The molecule has 0 spiro atoms. The fourth-order valence-corrected chi connectivity index (χ4v) is 3.92. The van der Waals surface area contributed by atoms with Crippen LogP contribution in [0, 0.1) is 0 Å². The summed E-state index contributed by atoms with van der Waals surface area (Å²) in [7, 11) is 0. The number of carbonyl (C=O) groups excluding carboxylic acids is 2. The van der Waals surface area contributed by atoms with E-state index in [1.54, 1.807) is 12.3 Å². The van der Waals surface area contributed by atoms with Gasteiger partial charge in [-0.3, -0.25) is 9.59 Å². The Labute approximate surface area is 199 Å². The van der Waals surface area contributed by atoms with E-state index in [9.17, 15) is 9.59 Å². The molecule has 0 radical (unpaired) electrons. The first-order valence-electron chi connectivity index (χ1n) is 11.4. The summed E-state index contributed by atoms with van der Waals surface area (Å²) in [5.41, 5.74) is 8.57. The quantitative estimate of drug-likeness (QED) is 0.360. The first kappa shape index (κ1) is 23.0. The molecular weight excluding hydrogens is 424 g/mol. The summed E-state index contributed by atoms with van der Waals surface area (Å²) in [6.45, 7) is 0.304. The second kappa shape index (κ2) is 11.1. The Morgan fingerprint density at radius 2 is 1.62 bits per heavy atom. The van der Waals surface area contributed by atoms with Gasteiger partial charge in [0, 0.05) is 25.6 Å². The lowest BCUT2D eigenvalue weighted by Gasteiger charge is -2.20. The van der Waals surface area contributed by atoms with Crippen LogP contribution in [-0.4, -0.2) is 22.8 Å². The van der Waals surface area contributed by atoms with Crippen LogP contribution in [0.2, 0.25) is 0 Å². The Kier molecular flexibility index (Phi) is 7.50. The number of pyridine rings is 1. The average molecular weight is 453 g/mol. The number of nitrogens with one attached hydrogen (secondary N) is 2. The summed E-state index contributed by atoms with van der Waals surface area (Å²) in [6.07, 6.45) is 2.95. The number of anilines is 1. The summed E-state index contributed by atoms with van der Waals surface area (Å²) in [6, 6.07) is 26.7. The highest BCUT2D eigenvalue weighted by Gasteiger charge is 2.22. The standard InChI is InChI=1S/C28H28N4O2/c29-26-15-13-21(18-30-26)19-31-28(34)25(32-27(33)16-14-20-7-2-1-3-8-20)17-23-11-6-10-22-9-4-5-12-24(22)23/h1-13,15,18,25H,14,16-17,19H2,(H2,29,30)(H,31,34)(H,32,33). The van der Waals surface area contributed by atoms with Gasteiger partial charge in [0.2, 0.25) is 11.8 Å². The summed E-state index contributed by atoms with van der Waals surface area (Å²) >= 11 is 0. The predicted octanol–water partition coefficient (Wildman–Crippen LogP) is 3.79. The van der Waals surface area contributed by atoms with E-state index in [2.05, 4.69) is 15.6 Å². The van der Waals surface area contributed by atoms with Gasteiger partial charge >= 0.3 is 0 Å². The SMILES string of the molecule is Nc1ccc(CNC(=O)C(Cc2cccc3ccccc23)NC(=O)CCc2ccccc2)cn1. The fourth-order valence-electron chi connectivity index (χ4n) is 3.92. The Morgan fingerprint density at radius 3 is 2.41 bits per heavy atom. The van der Waals surface area contributed by atoms with Gasteiger partial charge in [-0.15, -0.1) is 0 Å². The van der Waals surface area contributed by atoms with E-state index in [1.165, 1.54) is 0 Å². The van der Waals surface area contributed by atoms with Crippen LogP contribution < -0.4 is 16.4 Å². The lowest BCUT2D eigenvalue weighted by atomic mass is 9.98. The van der Waals surface area contributed by atoms with E-state index in [4.69, 9.17) is 5.73 Å². The van der Waals surface area contributed by atoms with Crippen LogP contribution in [0.3, 0.4) is 0 Å². The molecule has 6 heteroatoms. The molecule has 1 atom stereocenters. The van der Waals surface area contributed by atoms with Gasteiger partial charge in [-0.05, 0) is 39.9 Å². The van der Waals surface area contributed by atoms with E-state index in [0.29, 0.717) is 31.6 Å². The topological polar surface area (TPSA) is 97.1 Å². The van der Waals surface area contributed by atoms with Crippen LogP contribution >= 0.6 is 0 Å². The molecule has 0 saturated carbocycles. The van der Waals surface area contributed by atoms with Crippen molar-refractivity contribution >= 4 is 28.4 Å². The maximum Gasteiger partial charge on any atom is 0.243 e. The maximum absolute atomic E-state index is 13.2. The predicted molar refractivity (Wildman–Crippen MR) is 135 cm³/mol. The molecule has 2 amide bonds. The molecule has 1 heterocycles. The van der Waals surface area contributed by atoms with Crippen molar-refractivity contribution in [3.63, 3.8) is 0 Å². The van der Waals surface area contributed by atoms with Gasteiger partial charge in [0.15, 0.2) is 0 Å². The minimum Gasteiger partial charge on any atom is -0.384 e. The highest BCUT2D eigenvalue weighted by Crippen LogP contribution is 2.20. The number of aryl methyl sites for hydroxylation is 1. The minimum atomic E-state index is -0.698.